The summed E-state index contributed by atoms with van der Waals surface area (Å²) in [6, 6.07) is 5.98. The molecule has 106 valence electrons. The van der Waals surface area contributed by atoms with Gasteiger partial charge in [-0.3, -0.25) is 0 Å². The van der Waals surface area contributed by atoms with Gasteiger partial charge in [-0.15, -0.1) is 0 Å². The molecule has 0 atom stereocenters. The fourth-order valence-electron chi connectivity index (χ4n) is 2.76. The van der Waals surface area contributed by atoms with E-state index in [9.17, 15) is 5.11 Å². The zero-order valence-electron chi connectivity index (χ0n) is 11.4. The van der Waals surface area contributed by atoms with Crippen LogP contribution in [-0.4, -0.2) is 25.4 Å². The Morgan fingerprint density at radius 3 is 2.63 bits per heavy atom. The van der Waals surface area contributed by atoms with Crippen LogP contribution in [0.3, 0.4) is 0 Å². The van der Waals surface area contributed by atoms with Gasteiger partial charge in [0.25, 0.3) is 0 Å². The Bertz CT molecular complexity index is 417. The van der Waals surface area contributed by atoms with Crippen LogP contribution in [0.25, 0.3) is 0 Å². The number of rotatable bonds is 5. The molecule has 1 fully saturated rings. The summed E-state index contributed by atoms with van der Waals surface area (Å²) in [4.78, 5) is 0. The second-order valence-electron chi connectivity index (χ2n) is 5.42. The molecule has 2 N–H and O–H groups in total. The highest BCUT2D eigenvalue weighted by Crippen LogP contribution is 2.36. The highest BCUT2D eigenvalue weighted by Gasteiger charge is 2.31. The third kappa shape index (κ3) is 3.63. The molecule has 0 aliphatic heterocycles. The lowest BCUT2D eigenvalue weighted by atomic mass is 9.74. The molecule has 1 saturated carbocycles. The van der Waals surface area contributed by atoms with Crippen LogP contribution in [0.15, 0.2) is 22.7 Å². The monoisotopic (exact) mass is 327 g/mol. The maximum Gasteiger partial charge on any atom is 0.133 e. The molecule has 4 heteroatoms. The smallest absolute Gasteiger partial charge is 0.133 e. The molecule has 1 aromatic carbocycles. The first-order valence-electron chi connectivity index (χ1n) is 6.87. The van der Waals surface area contributed by atoms with E-state index in [2.05, 4.69) is 21.2 Å². The average molecular weight is 328 g/mol. The number of hydrogen-bond donors (Lipinski definition) is 2. The van der Waals surface area contributed by atoms with Crippen LogP contribution in [-0.2, 0) is 0 Å². The predicted molar refractivity (Wildman–Crippen MR) is 81.8 cm³/mol. The summed E-state index contributed by atoms with van der Waals surface area (Å²) in [6.45, 7) is 1.11. The Morgan fingerprint density at radius 1 is 1.32 bits per heavy atom. The van der Waals surface area contributed by atoms with Gasteiger partial charge in [0.05, 0.1) is 18.2 Å². The third-order valence-electron chi connectivity index (χ3n) is 4.07. The third-order valence-corrected chi connectivity index (χ3v) is 4.69. The number of anilines is 1. The van der Waals surface area contributed by atoms with Crippen molar-refractivity contribution in [3.63, 3.8) is 0 Å². The molecule has 0 saturated heterocycles. The average Bonchev–Trinajstić information content (AvgIpc) is 2.46. The number of halogens is 1. The zero-order chi connectivity index (χ0) is 13.7. The van der Waals surface area contributed by atoms with Crippen molar-refractivity contribution in [2.75, 3.05) is 25.6 Å². The molecule has 0 bridgehead atoms. The van der Waals surface area contributed by atoms with Crippen LogP contribution in [0.5, 0.6) is 5.75 Å². The first kappa shape index (κ1) is 14.7. The maximum atomic E-state index is 9.69. The number of aliphatic hydroxyl groups is 1. The first-order chi connectivity index (χ1) is 9.19. The summed E-state index contributed by atoms with van der Waals surface area (Å²) in [5, 5.41) is 13.1. The Hall–Kier alpha value is -0.740. The van der Waals surface area contributed by atoms with Crippen LogP contribution in [0.2, 0.25) is 0 Å². The van der Waals surface area contributed by atoms with Crippen LogP contribution in [0.1, 0.15) is 32.1 Å². The maximum absolute atomic E-state index is 9.69. The summed E-state index contributed by atoms with van der Waals surface area (Å²) < 4.78 is 6.17. The number of benzene rings is 1. The number of nitrogens with one attached hydrogen (secondary N) is 1. The molecule has 0 radical (unpaired) electrons. The highest BCUT2D eigenvalue weighted by atomic mass is 79.9. The molecule has 2 rings (SSSR count). The minimum Gasteiger partial charge on any atom is -0.496 e. The molecule has 19 heavy (non-hydrogen) atoms. The van der Waals surface area contributed by atoms with Crippen LogP contribution in [0, 0.1) is 5.41 Å². The van der Waals surface area contributed by atoms with E-state index < -0.39 is 0 Å². The molecular formula is C15H22BrNO2. The molecule has 0 spiro atoms. The summed E-state index contributed by atoms with van der Waals surface area (Å²) in [5.41, 5.74) is 1.12. The van der Waals surface area contributed by atoms with E-state index >= 15 is 0 Å². The quantitative estimate of drug-likeness (QED) is 0.864. The molecule has 3 nitrogen and oxygen atoms in total. The van der Waals surface area contributed by atoms with Crippen molar-refractivity contribution in [1.29, 1.82) is 0 Å². The van der Waals surface area contributed by atoms with Crippen LogP contribution >= 0.6 is 15.9 Å². The number of aliphatic hydroxyl groups excluding tert-OH is 1. The van der Waals surface area contributed by atoms with Gasteiger partial charge in [-0.25, -0.2) is 0 Å². The SMILES string of the molecule is COc1ccc(NCC2(CO)CCCCC2)cc1Br. The molecule has 0 heterocycles. The highest BCUT2D eigenvalue weighted by molar-refractivity contribution is 9.10. The fourth-order valence-corrected chi connectivity index (χ4v) is 3.30. The topological polar surface area (TPSA) is 41.5 Å². The summed E-state index contributed by atoms with van der Waals surface area (Å²) >= 11 is 3.49. The normalized spacial score (nSPS) is 18.1. The number of hydrogen-bond acceptors (Lipinski definition) is 3. The zero-order valence-corrected chi connectivity index (χ0v) is 13.0. The van der Waals surface area contributed by atoms with Gasteiger partial charge in [0.15, 0.2) is 0 Å². The lowest BCUT2D eigenvalue weighted by Gasteiger charge is -2.36. The fraction of sp³-hybridized carbons (Fsp3) is 0.600. The van der Waals surface area contributed by atoms with Crippen molar-refractivity contribution in [2.45, 2.75) is 32.1 Å². The van der Waals surface area contributed by atoms with E-state index in [1.54, 1.807) is 7.11 Å². The van der Waals surface area contributed by atoms with Crippen molar-refractivity contribution >= 4 is 21.6 Å². The van der Waals surface area contributed by atoms with Gasteiger partial charge in [0.1, 0.15) is 5.75 Å². The lowest BCUT2D eigenvalue weighted by Crippen LogP contribution is -2.35. The molecule has 1 aliphatic carbocycles. The molecule has 1 aromatic rings. The van der Waals surface area contributed by atoms with Gasteiger partial charge >= 0.3 is 0 Å². The van der Waals surface area contributed by atoms with Gasteiger partial charge in [-0.2, -0.15) is 0 Å². The Labute approximate surface area is 123 Å². The lowest BCUT2D eigenvalue weighted by molar-refractivity contribution is 0.0944. The van der Waals surface area contributed by atoms with Crippen molar-refractivity contribution in [3.05, 3.63) is 22.7 Å². The van der Waals surface area contributed by atoms with Gasteiger partial charge in [-0.05, 0) is 47.0 Å². The first-order valence-corrected chi connectivity index (χ1v) is 7.67. The summed E-state index contributed by atoms with van der Waals surface area (Å²) in [7, 11) is 1.66. The Morgan fingerprint density at radius 2 is 2.05 bits per heavy atom. The van der Waals surface area contributed by atoms with Gasteiger partial charge in [0, 0.05) is 17.6 Å². The van der Waals surface area contributed by atoms with Gasteiger partial charge in [-0.1, -0.05) is 19.3 Å². The van der Waals surface area contributed by atoms with E-state index in [-0.39, 0.29) is 12.0 Å². The molecular weight excluding hydrogens is 306 g/mol. The van der Waals surface area contributed by atoms with E-state index in [1.807, 2.05) is 18.2 Å². The molecule has 0 aromatic heterocycles. The van der Waals surface area contributed by atoms with Crippen LogP contribution < -0.4 is 10.1 Å². The number of methoxy groups -OCH3 is 1. The molecule has 1 aliphatic rings. The largest absolute Gasteiger partial charge is 0.496 e. The van der Waals surface area contributed by atoms with E-state index in [1.165, 1.54) is 19.3 Å². The van der Waals surface area contributed by atoms with E-state index in [0.29, 0.717) is 0 Å². The van der Waals surface area contributed by atoms with Gasteiger partial charge < -0.3 is 15.2 Å². The van der Waals surface area contributed by atoms with Gasteiger partial charge in [0.2, 0.25) is 0 Å². The predicted octanol–water partition coefficient (Wildman–Crippen LogP) is 3.81. The Kier molecular flexibility index (Phi) is 5.11. The van der Waals surface area contributed by atoms with E-state index in [0.717, 1.165) is 35.3 Å². The standard InChI is InChI=1S/C15H22BrNO2/c1-19-14-6-5-12(9-13(14)16)17-10-15(11-18)7-3-2-4-8-15/h5-6,9,17-18H,2-4,7-8,10-11H2,1H3. The van der Waals surface area contributed by atoms with Crippen molar-refractivity contribution in [2.24, 2.45) is 5.41 Å². The molecule has 0 amide bonds. The minimum absolute atomic E-state index is 0.0602. The summed E-state index contributed by atoms with van der Waals surface area (Å²) in [5.74, 6) is 0.833. The second-order valence-corrected chi connectivity index (χ2v) is 6.28. The van der Waals surface area contributed by atoms with Crippen molar-refractivity contribution < 1.29 is 9.84 Å². The molecule has 0 unspecified atom stereocenters. The van der Waals surface area contributed by atoms with Crippen molar-refractivity contribution in [3.8, 4) is 5.75 Å². The summed E-state index contributed by atoms with van der Waals surface area (Å²) in [6.07, 6.45) is 6.00. The van der Waals surface area contributed by atoms with Crippen LogP contribution in [0.4, 0.5) is 5.69 Å². The van der Waals surface area contributed by atoms with E-state index in [4.69, 9.17) is 4.74 Å². The second kappa shape index (κ2) is 6.62. The van der Waals surface area contributed by atoms with Crippen molar-refractivity contribution in [1.82, 2.24) is 0 Å². The number of ether oxygens (including phenoxy) is 1. The minimum atomic E-state index is 0.0602. The Balaban J connectivity index is 1.99.